The van der Waals surface area contributed by atoms with Gasteiger partial charge >= 0.3 is 0 Å². The van der Waals surface area contributed by atoms with Crippen LogP contribution in [0.4, 0.5) is 5.69 Å². The lowest BCUT2D eigenvalue weighted by Crippen LogP contribution is -1.94. The molecule has 0 saturated carbocycles. The van der Waals surface area contributed by atoms with Crippen molar-refractivity contribution in [2.75, 3.05) is 5.73 Å². The molecule has 0 heterocycles. The number of benzene rings is 2. The van der Waals surface area contributed by atoms with Gasteiger partial charge in [-0.1, -0.05) is 30.3 Å². The molecule has 2 aromatic rings. The van der Waals surface area contributed by atoms with Crippen molar-refractivity contribution in [1.82, 2.24) is 0 Å². The number of nitrogen functional groups attached to an aromatic ring is 1. The number of anilines is 1. The van der Waals surface area contributed by atoms with Crippen LogP contribution in [0.2, 0.25) is 0 Å². The van der Waals surface area contributed by atoms with Crippen molar-refractivity contribution in [2.45, 2.75) is 6.42 Å². The Morgan fingerprint density at radius 2 is 1.80 bits per heavy atom. The lowest BCUT2D eigenvalue weighted by Gasteiger charge is -2.05. The Morgan fingerprint density at radius 1 is 1.00 bits per heavy atom. The minimum absolute atomic E-state index is 0.294. The van der Waals surface area contributed by atoms with E-state index in [0.717, 1.165) is 23.2 Å². The van der Waals surface area contributed by atoms with Gasteiger partial charge in [0, 0.05) is 5.69 Å². The average molecular weight is 199 g/mol. The number of hydrogen-bond acceptors (Lipinski definition) is 2. The van der Waals surface area contributed by atoms with Crippen LogP contribution in [0.1, 0.15) is 11.1 Å². The van der Waals surface area contributed by atoms with Crippen LogP contribution in [0.5, 0.6) is 5.75 Å². The van der Waals surface area contributed by atoms with Crippen molar-refractivity contribution < 1.29 is 5.11 Å². The maximum Gasteiger partial charge on any atom is 0.115 e. The van der Waals surface area contributed by atoms with Gasteiger partial charge in [-0.3, -0.25) is 0 Å². The molecule has 0 spiro atoms. The number of hydrogen-bond donors (Lipinski definition) is 2. The van der Waals surface area contributed by atoms with Gasteiger partial charge in [-0.05, 0) is 35.7 Å². The maximum absolute atomic E-state index is 9.33. The summed E-state index contributed by atoms with van der Waals surface area (Å²) < 4.78 is 0. The van der Waals surface area contributed by atoms with Gasteiger partial charge in [0.05, 0.1) is 0 Å². The summed E-state index contributed by atoms with van der Waals surface area (Å²) in [7, 11) is 0. The third kappa shape index (κ3) is 2.29. The van der Waals surface area contributed by atoms with E-state index in [1.165, 1.54) is 0 Å². The van der Waals surface area contributed by atoms with E-state index in [1.54, 1.807) is 12.1 Å². The fourth-order valence-electron chi connectivity index (χ4n) is 1.58. The Kier molecular flexibility index (Phi) is 2.59. The molecule has 0 atom stereocenters. The summed E-state index contributed by atoms with van der Waals surface area (Å²) in [5, 5.41) is 9.33. The monoisotopic (exact) mass is 199 g/mol. The summed E-state index contributed by atoms with van der Waals surface area (Å²) in [5.41, 5.74) is 8.79. The fraction of sp³-hybridized carbons (Fsp3) is 0.0769. The normalized spacial score (nSPS) is 10.1. The highest BCUT2D eigenvalue weighted by atomic mass is 16.3. The van der Waals surface area contributed by atoms with Gasteiger partial charge < -0.3 is 10.8 Å². The highest BCUT2D eigenvalue weighted by Crippen LogP contribution is 2.18. The molecule has 0 amide bonds. The predicted molar refractivity (Wildman–Crippen MR) is 61.8 cm³/mol. The van der Waals surface area contributed by atoms with E-state index in [4.69, 9.17) is 5.73 Å². The first-order chi connectivity index (χ1) is 7.25. The molecule has 3 N–H and O–H groups in total. The lowest BCUT2D eigenvalue weighted by molar-refractivity contribution is 0.474. The summed E-state index contributed by atoms with van der Waals surface area (Å²) >= 11 is 0. The molecule has 0 aromatic heterocycles. The number of nitrogens with two attached hydrogens (primary N) is 1. The van der Waals surface area contributed by atoms with E-state index in [-0.39, 0.29) is 0 Å². The minimum Gasteiger partial charge on any atom is -0.508 e. The van der Waals surface area contributed by atoms with Crippen molar-refractivity contribution in [3.8, 4) is 5.75 Å². The van der Waals surface area contributed by atoms with E-state index in [1.807, 2.05) is 36.4 Å². The molecule has 0 aliphatic carbocycles. The molecule has 0 aliphatic rings. The zero-order valence-corrected chi connectivity index (χ0v) is 8.35. The van der Waals surface area contributed by atoms with Gasteiger partial charge in [0.15, 0.2) is 0 Å². The Bertz CT molecular complexity index is 466. The number of phenols is 1. The van der Waals surface area contributed by atoms with E-state index < -0.39 is 0 Å². The quantitative estimate of drug-likeness (QED) is 0.730. The van der Waals surface area contributed by atoms with Gasteiger partial charge in [-0.2, -0.15) is 0 Å². The molecule has 15 heavy (non-hydrogen) atoms. The second kappa shape index (κ2) is 4.05. The van der Waals surface area contributed by atoms with Crippen LogP contribution in [0.15, 0.2) is 48.5 Å². The third-order valence-electron chi connectivity index (χ3n) is 2.36. The van der Waals surface area contributed by atoms with Crippen molar-refractivity contribution in [1.29, 1.82) is 0 Å². The van der Waals surface area contributed by atoms with Gasteiger partial charge in [-0.25, -0.2) is 0 Å². The molecule has 2 rings (SSSR count). The molecule has 0 radical (unpaired) electrons. The Labute approximate surface area is 89.0 Å². The topological polar surface area (TPSA) is 46.2 Å². The summed E-state index contributed by atoms with van der Waals surface area (Å²) in [6, 6.07) is 15.0. The maximum atomic E-state index is 9.33. The van der Waals surface area contributed by atoms with Gasteiger partial charge in [0.2, 0.25) is 0 Å². The standard InChI is InChI=1S/C13H13NO/c14-13-7-2-1-5-11(13)8-10-4-3-6-12(15)9-10/h1-7,9,15H,8,14H2. The number of aromatic hydroxyl groups is 1. The second-order valence-electron chi connectivity index (χ2n) is 3.55. The van der Waals surface area contributed by atoms with Crippen molar-refractivity contribution in [3.63, 3.8) is 0 Å². The largest absolute Gasteiger partial charge is 0.508 e. The highest BCUT2D eigenvalue weighted by molar-refractivity contribution is 5.48. The first-order valence-corrected chi connectivity index (χ1v) is 4.87. The number of phenolic OH excluding ortho intramolecular Hbond substituents is 1. The van der Waals surface area contributed by atoms with E-state index in [9.17, 15) is 5.11 Å². The average Bonchev–Trinajstić information content (AvgIpc) is 2.22. The summed E-state index contributed by atoms with van der Waals surface area (Å²) in [5.74, 6) is 0.294. The predicted octanol–water partition coefficient (Wildman–Crippen LogP) is 2.57. The van der Waals surface area contributed by atoms with E-state index >= 15 is 0 Å². The Balaban J connectivity index is 2.26. The summed E-state index contributed by atoms with van der Waals surface area (Å²) in [6.07, 6.45) is 0.751. The zero-order valence-electron chi connectivity index (χ0n) is 8.35. The van der Waals surface area contributed by atoms with E-state index in [0.29, 0.717) is 5.75 Å². The molecule has 0 unspecified atom stereocenters. The number of para-hydroxylation sites is 1. The molecule has 0 aliphatic heterocycles. The second-order valence-corrected chi connectivity index (χ2v) is 3.55. The van der Waals surface area contributed by atoms with Crippen LogP contribution in [0.25, 0.3) is 0 Å². The molecule has 2 heteroatoms. The van der Waals surface area contributed by atoms with Crippen molar-refractivity contribution >= 4 is 5.69 Å². The first-order valence-electron chi connectivity index (χ1n) is 4.87. The van der Waals surface area contributed by atoms with Crippen LogP contribution < -0.4 is 5.73 Å². The summed E-state index contributed by atoms with van der Waals surface area (Å²) in [6.45, 7) is 0. The van der Waals surface area contributed by atoms with Crippen LogP contribution in [-0.4, -0.2) is 5.11 Å². The SMILES string of the molecule is Nc1ccccc1Cc1cccc(O)c1. The van der Waals surface area contributed by atoms with Crippen LogP contribution in [0.3, 0.4) is 0 Å². The van der Waals surface area contributed by atoms with Crippen LogP contribution >= 0.6 is 0 Å². The van der Waals surface area contributed by atoms with E-state index in [2.05, 4.69) is 0 Å². The van der Waals surface area contributed by atoms with Crippen LogP contribution in [0, 0.1) is 0 Å². The van der Waals surface area contributed by atoms with Gasteiger partial charge in [0.25, 0.3) is 0 Å². The number of rotatable bonds is 2. The van der Waals surface area contributed by atoms with Crippen LogP contribution in [-0.2, 0) is 6.42 Å². The van der Waals surface area contributed by atoms with Gasteiger partial charge in [0.1, 0.15) is 5.75 Å². The van der Waals surface area contributed by atoms with Gasteiger partial charge in [-0.15, -0.1) is 0 Å². The molecule has 76 valence electrons. The molecular weight excluding hydrogens is 186 g/mol. The molecule has 0 saturated heterocycles. The Morgan fingerprint density at radius 3 is 2.53 bits per heavy atom. The van der Waals surface area contributed by atoms with Crippen molar-refractivity contribution in [2.24, 2.45) is 0 Å². The van der Waals surface area contributed by atoms with Crippen molar-refractivity contribution in [3.05, 3.63) is 59.7 Å². The fourth-order valence-corrected chi connectivity index (χ4v) is 1.58. The zero-order chi connectivity index (χ0) is 10.7. The third-order valence-corrected chi connectivity index (χ3v) is 2.36. The Hall–Kier alpha value is -1.96. The molecule has 2 nitrogen and oxygen atoms in total. The molecule has 2 aromatic carbocycles. The lowest BCUT2D eigenvalue weighted by atomic mass is 10.0. The molecule has 0 fully saturated rings. The molecular formula is C13H13NO. The first kappa shape index (κ1) is 9.59. The smallest absolute Gasteiger partial charge is 0.115 e. The minimum atomic E-state index is 0.294. The molecule has 0 bridgehead atoms. The summed E-state index contributed by atoms with van der Waals surface area (Å²) in [4.78, 5) is 0. The highest BCUT2D eigenvalue weighted by Gasteiger charge is 2.00.